The van der Waals surface area contributed by atoms with Gasteiger partial charge in [-0.2, -0.15) is 0 Å². The minimum Gasteiger partial charge on any atom is -0.480 e. The summed E-state index contributed by atoms with van der Waals surface area (Å²) < 4.78 is 11.9. The highest BCUT2D eigenvalue weighted by Gasteiger charge is 2.55. The number of carbonyl (C=O) groups is 8. The van der Waals surface area contributed by atoms with Crippen LogP contribution < -0.4 is 10.6 Å². The van der Waals surface area contributed by atoms with E-state index in [0.29, 0.717) is 51.5 Å². The van der Waals surface area contributed by atoms with Gasteiger partial charge in [0, 0.05) is 54.2 Å². The second kappa shape index (κ2) is 39.8. The van der Waals surface area contributed by atoms with Gasteiger partial charge in [-0.1, -0.05) is 147 Å². The predicted octanol–water partition coefficient (Wildman–Crippen LogP) is 9.67. The third-order valence-corrected chi connectivity index (χ3v) is 16.4. The quantitative estimate of drug-likeness (QED) is 0.0444. The number of rotatable bonds is 33. The van der Waals surface area contributed by atoms with E-state index in [1.54, 1.807) is 45.0 Å². The number of carbonyl (C=O) groups excluding carboxylic acids is 7. The molecular weight excluding hydrogens is 1040 g/mol. The fraction of sp³-hybridized carbons (Fsp3) is 0.774. The normalized spacial score (nSPS) is 16.8. The lowest BCUT2D eigenvalue weighted by atomic mass is 9.90. The van der Waals surface area contributed by atoms with Crippen molar-refractivity contribution in [3.63, 3.8) is 0 Å². The molecule has 1 aliphatic carbocycles. The van der Waals surface area contributed by atoms with Crippen LogP contribution in [0.25, 0.3) is 0 Å². The van der Waals surface area contributed by atoms with Gasteiger partial charge in [-0.15, -0.1) is 11.8 Å². The lowest BCUT2D eigenvalue weighted by Crippen LogP contribution is -2.55. The summed E-state index contributed by atoms with van der Waals surface area (Å²) in [5.74, 6) is -1.19. The molecule has 1 saturated carbocycles. The summed E-state index contributed by atoms with van der Waals surface area (Å²) in [5, 5.41) is 13.5. The molecule has 1 spiro atoms. The summed E-state index contributed by atoms with van der Waals surface area (Å²) in [6, 6.07) is 7.09. The van der Waals surface area contributed by atoms with E-state index in [1.807, 2.05) is 83.7 Å². The van der Waals surface area contributed by atoms with Crippen molar-refractivity contribution in [2.75, 3.05) is 53.7 Å². The molecule has 1 aromatic rings. The van der Waals surface area contributed by atoms with Crippen molar-refractivity contribution < 1.29 is 52.9 Å². The maximum Gasteiger partial charge on any atom is 0.326 e. The van der Waals surface area contributed by atoms with E-state index in [0.717, 1.165) is 56.4 Å². The molecular formula is C62H110N6O11S. The van der Waals surface area contributed by atoms with E-state index in [9.17, 15) is 38.4 Å². The number of hydrogen-bond donors (Lipinski definition) is 3. The highest BCUT2D eigenvalue weighted by Crippen LogP contribution is 2.56. The van der Waals surface area contributed by atoms with Crippen LogP contribution in [0.1, 0.15) is 186 Å². The Morgan fingerprint density at radius 1 is 0.850 bits per heavy atom. The molecule has 1 saturated heterocycles. The van der Waals surface area contributed by atoms with Crippen LogP contribution in [-0.4, -0.2) is 168 Å². The van der Waals surface area contributed by atoms with Crippen molar-refractivity contribution in [1.29, 1.82) is 0 Å². The molecule has 3 rings (SSSR count). The Morgan fingerprint density at radius 2 is 1.46 bits per heavy atom. The van der Waals surface area contributed by atoms with Crippen molar-refractivity contribution >= 4 is 60.1 Å². The number of carboxylic acids is 1. The Morgan fingerprint density at radius 3 is 1.94 bits per heavy atom. The predicted molar refractivity (Wildman–Crippen MR) is 323 cm³/mol. The lowest BCUT2D eigenvalue weighted by molar-refractivity contribution is -0.145. The fourth-order valence-corrected chi connectivity index (χ4v) is 11.3. The van der Waals surface area contributed by atoms with Gasteiger partial charge >= 0.3 is 5.97 Å². The van der Waals surface area contributed by atoms with Crippen molar-refractivity contribution in [2.24, 2.45) is 28.6 Å². The van der Waals surface area contributed by atoms with E-state index >= 15 is 0 Å². The SMILES string of the molecule is CC.CCC.CCC(SCCCC(C)(C)C)C(=O)N(C=O)CCCCCC(=O)N(C)C(C(=O)NCC(=O)N(C)C(C(C)CC)C(CC(=O)N1CC2(CC2)CC1C(OC)C(C)C)OC)C(C)C.O=CNC(Cc1ccccc1)C(=O)O. The third kappa shape index (κ3) is 26.6. The number of nitrogens with one attached hydrogen (secondary N) is 2. The van der Waals surface area contributed by atoms with Gasteiger partial charge in [-0.25, -0.2) is 4.79 Å². The number of thioether (sulfide) groups is 1. The zero-order valence-corrected chi connectivity index (χ0v) is 53.6. The summed E-state index contributed by atoms with van der Waals surface area (Å²) in [6.45, 7) is 29.7. The largest absolute Gasteiger partial charge is 0.480 e. The van der Waals surface area contributed by atoms with E-state index in [1.165, 1.54) is 16.2 Å². The molecule has 17 nitrogen and oxygen atoms in total. The maximum atomic E-state index is 14.1. The number of nitrogens with zero attached hydrogens (tertiary/aromatic N) is 4. The summed E-state index contributed by atoms with van der Waals surface area (Å²) in [5.41, 5.74) is 1.32. The Balaban J connectivity index is 0.00000278. The Bertz CT molecular complexity index is 1960. The monoisotopic (exact) mass is 1150 g/mol. The number of amides is 7. The molecule has 0 radical (unpaired) electrons. The van der Waals surface area contributed by atoms with Crippen LogP contribution in [0, 0.1) is 28.6 Å². The van der Waals surface area contributed by atoms with Crippen LogP contribution in [0.2, 0.25) is 0 Å². The fourth-order valence-electron chi connectivity index (χ4n) is 10.2. The number of hydrogen-bond acceptors (Lipinski definition) is 11. The van der Waals surface area contributed by atoms with E-state index in [2.05, 4.69) is 59.1 Å². The number of benzene rings is 1. The van der Waals surface area contributed by atoms with Crippen LogP contribution in [0.15, 0.2) is 30.3 Å². The molecule has 460 valence electrons. The summed E-state index contributed by atoms with van der Waals surface area (Å²) >= 11 is 1.62. The minimum atomic E-state index is -1.03. The Hall–Kier alpha value is -4.55. The molecule has 0 aromatic heterocycles. The molecule has 18 heteroatoms. The number of likely N-dealkylation sites (N-methyl/N-ethyl adjacent to an activating group) is 2. The third-order valence-electron chi connectivity index (χ3n) is 15.0. The van der Waals surface area contributed by atoms with Crippen LogP contribution in [0.5, 0.6) is 0 Å². The average molecular weight is 1150 g/mol. The van der Waals surface area contributed by atoms with Crippen LogP contribution >= 0.6 is 11.8 Å². The number of aliphatic carboxylic acids is 1. The summed E-state index contributed by atoms with van der Waals surface area (Å²) in [4.78, 5) is 107. The molecule has 1 aromatic carbocycles. The van der Waals surface area contributed by atoms with Gasteiger partial charge in [0.25, 0.3) is 0 Å². The van der Waals surface area contributed by atoms with Crippen molar-refractivity contribution in [1.82, 2.24) is 30.2 Å². The van der Waals surface area contributed by atoms with Crippen LogP contribution in [-0.2, 0) is 54.3 Å². The number of imide groups is 1. The number of ether oxygens (including phenoxy) is 2. The summed E-state index contributed by atoms with van der Waals surface area (Å²) in [7, 11) is 6.62. The van der Waals surface area contributed by atoms with Gasteiger partial charge in [-0.05, 0) is 91.3 Å². The maximum absolute atomic E-state index is 14.1. The first-order valence-corrected chi connectivity index (χ1v) is 30.8. The molecule has 2 aliphatic rings. The topological polar surface area (TPSA) is 212 Å². The number of unbranched alkanes of at least 4 members (excludes halogenated alkanes) is 2. The lowest BCUT2D eigenvalue weighted by Gasteiger charge is -2.39. The standard InChI is InChI=1S/C47H85N5O8S.C10H11NO3.C3H8.C2H6/c1-15-34(7)42(36(59-13)27-39(55)52-30-47(23-24-47)28-35(52)43(60-14)33(5)6)50(12)40(56)29-48-44(57)41(32(3)4)49(11)38(54)21-18-17-19-25-51(31-53)45(58)37(16-2)61-26-20-22-46(8,9)10;12-7-11-9(10(13)14)6-8-4-2-1-3-5-8;1-3-2;1-2/h31-37,41-43H,15-30H2,1-14H3,(H,48,57);1-5,7,9H,6H2,(H,11,12)(H,13,14);3H2,1-2H3;1-2H3. The van der Waals surface area contributed by atoms with E-state index in [-0.39, 0.29) is 89.0 Å². The first-order chi connectivity index (χ1) is 37.8. The molecule has 8 atom stereocenters. The molecule has 3 N–H and O–H groups in total. The first-order valence-electron chi connectivity index (χ1n) is 29.7. The number of methoxy groups -OCH3 is 2. The molecule has 7 amide bonds. The van der Waals surface area contributed by atoms with Gasteiger partial charge in [0.1, 0.15) is 12.1 Å². The number of carboxylic acid groups (broad SMARTS) is 1. The number of likely N-dealkylation sites (tertiary alicyclic amines) is 1. The van der Waals surface area contributed by atoms with Crippen molar-refractivity contribution in [3.8, 4) is 0 Å². The molecule has 2 fully saturated rings. The molecule has 8 unspecified atom stereocenters. The van der Waals surface area contributed by atoms with Crippen LogP contribution in [0.4, 0.5) is 0 Å². The van der Waals surface area contributed by atoms with Gasteiger partial charge < -0.3 is 39.9 Å². The smallest absolute Gasteiger partial charge is 0.326 e. The van der Waals surface area contributed by atoms with E-state index < -0.39 is 36.1 Å². The molecule has 0 bridgehead atoms. The summed E-state index contributed by atoms with van der Waals surface area (Å²) in [6.07, 6.45) is 10.8. The highest BCUT2D eigenvalue weighted by atomic mass is 32.2. The van der Waals surface area contributed by atoms with Gasteiger partial charge in [-0.3, -0.25) is 38.5 Å². The Labute approximate surface area is 487 Å². The van der Waals surface area contributed by atoms with Gasteiger partial charge in [0.2, 0.25) is 42.4 Å². The second-order valence-corrected chi connectivity index (χ2v) is 24.8. The van der Waals surface area contributed by atoms with Gasteiger partial charge in [0.05, 0.1) is 42.5 Å². The van der Waals surface area contributed by atoms with Gasteiger partial charge in [0.15, 0.2) is 0 Å². The minimum absolute atomic E-state index is 0.000498. The Kier molecular flexibility index (Phi) is 37.5. The molecule has 1 aliphatic heterocycles. The zero-order chi connectivity index (χ0) is 61.3. The van der Waals surface area contributed by atoms with Crippen LogP contribution in [0.3, 0.4) is 0 Å². The van der Waals surface area contributed by atoms with Crippen molar-refractivity contribution in [2.45, 2.75) is 228 Å². The second-order valence-electron chi connectivity index (χ2n) is 23.5. The average Bonchev–Trinajstić information content (AvgIpc) is 4.13. The van der Waals surface area contributed by atoms with Crippen molar-refractivity contribution in [3.05, 3.63) is 35.9 Å². The zero-order valence-electron chi connectivity index (χ0n) is 52.8. The molecule has 80 heavy (non-hydrogen) atoms. The highest BCUT2D eigenvalue weighted by molar-refractivity contribution is 8.00. The van der Waals surface area contributed by atoms with E-state index in [4.69, 9.17) is 14.6 Å². The first kappa shape index (κ1) is 75.5. The molecule has 1 heterocycles.